The van der Waals surface area contributed by atoms with Gasteiger partial charge < -0.3 is 5.11 Å². The third kappa shape index (κ3) is 3.70. The average Bonchev–Trinajstić information content (AvgIpc) is 3.39. The average molecular weight is 388 g/mol. The standard InChI is InChI=1S/C21H16N4O2S/c26-18-10-5-4-9-17(18)21(27)23-22-13-16-14-25(19-11-6-12-28-19)24-20(16)15-7-2-1-3-8-15/h1-14,26H,(H,23,27)/b22-13+. The van der Waals surface area contributed by atoms with Gasteiger partial charge in [-0.25, -0.2) is 10.1 Å². The fourth-order valence-corrected chi connectivity index (χ4v) is 3.36. The van der Waals surface area contributed by atoms with E-state index in [1.807, 2.05) is 54.0 Å². The zero-order chi connectivity index (χ0) is 19.3. The number of thiophene rings is 1. The first-order valence-electron chi connectivity index (χ1n) is 8.53. The molecule has 0 unspecified atom stereocenters. The number of phenolic OH excluding ortho intramolecular Hbond substituents is 1. The lowest BCUT2D eigenvalue weighted by atomic mass is 10.1. The van der Waals surface area contributed by atoms with Gasteiger partial charge in [0.15, 0.2) is 0 Å². The summed E-state index contributed by atoms with van der Waals surface area (Å²) in [6.45, 7) is 0. The van der Waals surface area contributed by atoms with E-state index in [4.69, 9.17) is 0 Å². The Labute approximate surface area is 165 Å². The number of hydrogen-bond acceptors (Lipinski definition) is 5. The lowest BCUT2D eigenvalue weighted by Crippen LogP contribution is -2.17. The largest absolute Gasteiger partial charge is 0.507 e. The molecule has 6 nitrogen and oxygen atoms in total. The highest BCUT2D eigenvalue weighted by Crippen LogP contribution is 2.24. The number of aromatic nitrogens is 2. The summed E-state index contributed by atoms with van der Waals surface area (Å²) in [6.07, 6.45) is 3.42. The number of hydrazone groups is 1. The second-order valence-corrected chi connectivity index (χ2v) is 6.84. The van der Waals surface area contributed by atoms with Crippen molar-refractivity contribution in [3.8, 4) is 22.0 Å². The van der Waals surface area contributed by atoms with E-state index in [0.29, 0.717) is 0 Å². The minimum Gasteiger partial charge on any atom is -0.507 e. The van der Waals surface area contributed by atoms with Crippen LogP contribution < -0.4 is 5.43 Å². The molecule has 2 heterocycles. The lowest BCUT2D eigenvalue weighted by Gasteiger charge is -2.02. The highest BCUT2D eigenvalue weighted by atomic mass is 32.1. The monoisotopic (exact) mass is 388 g/mol. The maximum atomic E-state index is 12.2. The fourth-order valence-electron chi connectivity index (χ4n) is 2.70. The van der Waals surface area contributed by atoms with E-state index >= 15 is 0 Å². The molecule has 138 valence electrons. The number of nitrogens with one attached hydrogen (secondary N) is 1. The Kier molecular flexibility index (Phi) is 4.99. The smallest absolute Gasteiger partial charge is 0.275 e. The maximum absolute atomic E-state index is 12.2. The van der Waals surface area contributed by atoms with Gasteiger partial charge >= 0.3 is 0 Å². The molecule has 2 aromatic heterocycles. The molecule has 1 amide bonds. The third-order valence-corrected chi connectivity index (χ3v) is 4.90. The molecule has 0 radical (unpaired) electrons. The molecule has 0 fully saturated rings. The molecule has 0 aliphatic rings. The van der Waals surface area contributed by atoms with Crippen molar-refractivity contribution in [3.05, 3.63) is 89.4 Å². The number of para-hydroxylation sites is 1. The molecule has 0 spiro atoms. The van der Waals surface area contributed by atoms with Gasteiger partial charge in [-0.15, -0.1) is 11.3 Å². The van der Waals surface area contributed by atoms with Crippen LogP contribution in [-0.4, -0.2) is 27.0 Å². The number of nitrogens with zero attached hydrogens (tertiary/aromatic N) is 3. The first-order chi connectivity index (χ1) is 13.7. The second-order valence-electron chi connectivity index (χ2n) is 5.91. The van der Waals surface area contributed by atoms with Gasteiger partial charge in [0.2, 0.25) is 0 Å². The van der Waals surface area contributed by atoms with Gasteiger partial charge in [-0.1, -0.05) is 42.5 Å². The molecule has 2 aromatic carbocycles. The second kappa shape index (κ2) is 7.89. The number of carbonyl (C=O) groups is 1. The number of benzene rings is 2. The molecule has 0 atom stereocenters. The van der Waals surface area contributed by atoms with Crippen LogP contribution in [0.5, 0.6) is 5.75 Å². The Morgan fingerprint density at radius 1 is 1.07 bits per heavy atom. The normalized spacial score (nSPS) is 11.0. The van der Waals surface area contributed by atoms with Crippen molar-refractivity contribution in [1.29, 1.82) is 0 Å². The summed E-state index contributed by atoms with van der Waals surface area (Å²) in [7, 11) is 0. The molecule has 0 bridgehead atoms. The van der Waals surface area contributed by atoms with Gasteiger partial charge in [0.25, 0.3) is 5.91 Å². The highest BCUT2D eigenvalue weighted by Gasteiger charge is 2.12. The molecule has 4 rings (SSSR count). The Morgan fingerprint density at radius 2 is 1.86 bits per heavy atom. The van der Waals surface area contributed by atoms with E-state index in [2.05, 4.69) is 15.6 Å². The first kappa shape index (κ1) is 17.7. The van der Waals surface area contributed by atoms with Crippen LogP contribution in [0.4, 0.5) is 0 Å². The Morgan fingerprint density at radius 3 is 2.61 bits per heavy atom. The van der Waals surface area contributed by atoms with Crippen LogP contribution in [0.25, 0.3) is 16.3 Å². The Bertz CT molecular complexity index is 1120. The van der Waals surface area contributed by atoms with E-state index < -0.39 is 5.91 Å². The number of amides is 1. The molecule has 2 N–H and O–H groups in total. The molecular weight excluding hydrogens is 372 g/mol. The molecule has 0 saturated carbocycles. The Hall–Kier alpha value is -3.71. The number of aromatic hydroxyl groups is 1. The van der Waals surface area contributed by atoms with Crippen LogP contribution in [0.2, 0.25) is 0 Å². The molecule has 0 aliphatic carbocycles. The van der Waals surface area contributed by atoms with Gasteiger partial charge in [-0.3, -0.25) is 4.79 Å². The van der Waals surface area contributed by atoms with E-state index in [9.17, 15) is 9.90 Å². The summed E-state index contributed by atoms with van der Waals surface area (Å²) in [5.41, 5.74) is 5.08. The lowest BCUT2D eigenvalue weighted by molar-refractivity contribution is 0.0952. The van der Waals surface area contributed by atoms with Crippen LogP contribution in [0, 0.1) is 0 Å². The van der Waals surface area contributed by atoms with Crippen LogP contribution >= 0.6 is 11.3 Å². The quantitative estimate of drug-likeness (QED) is 0.399. The van der Waals surface area contributed by atoms with Gasteiger partial charge in [-0.05, 0) is 29.6 Å². The minimum atomic E-state index is -0.485. The van der Waals surface area contributed by atoms with Gasteiger partial charge in [0, 0.05) is 17.3 Å². The van der Waals surface area contributed by atoms with E-state index in [0.717, 1.165) is 21.8 Å². The van der Waals surface area contributed by atoms with Gasteiger partial charge in [0.1, 0.15) is 16.4 Å². The highest BCUT2D eigenvalue weighted by molar-refractivity contribution is 7.12. The van der Waals surface area contributed by atoms with Crippen molar-refractivity contribution in [1.82, 2.24) is 15.2 Å². The summed E-state index contributed by atoms with van der Waals surface area (Å²) in [5, 5.41) is 21.5. The number of phenols is 1. The molecule has 0 saturated heterocycles. The van der Waals surface area contributed by atoms with E-state index in [1.54, 1.807) is 34.4 Å². The van der Waals surface area contributed by atoms with Gasteiger partial charge in [-0.2, -0.15) is 10.2 Å². The zero-order valence-corrected chi connectivity index (χ0v) is 15.5. The van der Waals surface area contributed by atoms with Crippen molar-refractivity contribution in [2.45, 2.75) is 0 Å². The predicted octanol–water partition coefficient (Wildman–Crippen LogP) is 4.07. The van der Waals surface area contributed by atoms with Gasteiger partial charge in [0.05, 0.1) is 11.8 Å². The zero-order valence-electron chi connectivity index (χ0n) is 14.7. The van der Waals surface area contributed by atoms with Crippen LogP contribution in [-0.2, 0) is 0 Å². The summed E-state index contributed by atoms with van der Waals surface area (Å²) in [5.74, 6) is -0.577. The summed E-state index contributed by atoms with van der Waals surface area (Å²) < 4.78 is 1.79. The molecule has 0 aliphatic heterocycles. The maximum Gasteiger partial charge on any atom is 0.275 e. The van der Waals surface area contributed by atoms with E-state index in [1.165, 1.54) is 12.1 Å². The van der Waals surface area contributed by atoms with Crippen LogP contribution in [0.1, 0.15) is 15.9 Å². The molecule has 28 heavy (non-hydrogen) atoms. The van der Waals surface area contributed by atoms with Crippen molar-refractivity contribution in [3.63, 3.8) is 0 Å². The van der Waals surface area contributed by atoms with Crippen LogP contribution in [0.3, 0.4) is 0 Å². The SMILES string of the molecule is O=C(N/N=C/c1cn(-c2cccs2)nc1-c1ccccc1)c1ccccc1O. The van der Waals surface area contributed by atoms with Crippen molar-refractivity contribution < 1.29 is 9.90 Å². The Balaban J connectivity index is 1.62. The number of rotatable bonds is 5. The summed E-state index contributed by atoms with van der Waals surface area (Å²) >= 11 is 1.58. The summed E-state index contributed by atoms with van der Waals surface area (Å²) in [4.78, 5) is 12.2. The number of hydrogen-bond donors (Lipinski definition) is 2. The molecular formula is C21H16N4O2S. The predicted molar refractivity (Wildman–Crippen MR) is 110 cm³/mol. The van der Waals surface area contributed by atoms with Crippen LogP contribution in [0.15, 0.2) is 83.4 Å². The minimum absolute atomic E-state index is 0.0920. The fraction of sp³-hybridized carbons (Fsp3) is 0. The van der Waals surface area contributed by atoms with Crippen molar-refractivity contribution in [2.24, 2.45) is 5.10 Å². The first-order valence-corrected chi connectivity index (χ1v) is 9.41. The van der Waals surface area contributed by atoms with E-state index in [-0.39, 0.29) is 11.3 Å². The molecule has 4 aromatic rings. The summed E-state index contributed by atoms with van der Waals surface area (Å²) in [6, 6.07) is 20.0. The van der Waals surface area contributed by atoms with Crippen molar-refractivity contribution in [2.75, 3.05) is 0 Å². The number of carbonyl (C=O) groups excluding carboxylic acids is 1. The molecule has 7 heteroatoms. The topological polar surface area (TPSA) is 79.5 Å². The van der Waals surface area contributed by atoms with Crippen molar-refractivity contribution >= 4 is 23.5 Å². The third-order valence-electron chi connectivity index (χ3n) is 4.04.